The fourth-order valence-corrected chi connectivity index (χ4v) is 2.50. The summed E-state index contributed by atoms with van der Waals surface area (Å²) in [5, 5.41) is 6.36. The van der Waals surface area contributed by atoms with E-state index in [9.17, 15) is 4.79 Å². The molecule has 0 saturated carbocycles. The monoisotopic (exact) mass is 290 g/mol. The number of hydrogen-bond acceptors (Lipinski definition) is 5. The van der Waals surface area contributed by atoms with Crippen LogP contribution in [-0.2, 0) is 0 Å². The lowest BCUT2D eigenvalue weighted by atomic mass is 10.0. The van der Waals surface area contributed by atoms with Crippen LogP contribution in [0.4, 0.5) is 16.6 Å². The zero-order valence-corrected chi connectivity index (χ0v) is 12.5. The van der Waals surface area contributed by atoms with E-state index in [-0.39, 0.29) is 11.7 Å². The van der Waals surface area contributed by atoms with E-state index in [0.29, 0.717) is 15.9 Å². The summed E-state index contributed by atoms with van der Waals surface area (Å²) in [5.74, 6) is 0.426. The molecule has 1 heterocycles. The average molecular weight is 290 g/mol. The lowest BCUT2D eigenvalue weighted by molar-refractivity contribution is 0.103. The van der Waals surface area contributed by atoms with Gasteiger partial charge in [-0.3, -0.25) is 4.79 Å². The molecule has 1 aromatic heterocycles. The molecule has 20 heavy (non-hydrogen) atoms. The Hall–Kier alpha value is -2.08. The Kier molecular flexibility index (Phi) is 4.24. The molecule has 6 heteroatoms. The Bertz CT molecular complexity index is 621. The molecule has 4 N–H and O–H groups in total. The maximum atomic E-state index is 12.2. The van der Waals surface area contributed by atoms with Crippen molar-refractivity contribution in [1.29, 1.82) is 0 Å². The minimum absolute atomic E-state index is 0.234. The minimum Gasteiger partial charge on any atom is -0.382 e. The van der Waals surface area contributed by atoms with Gasteiger partial charge in [0.05, 0.1) is 0 Å². The predicted molar refractivity (Wildman–Crippen MR) is 84.6 cm³/mol. The molecule has 2 aromatic rings. The highest BCUT2D eigenvalue weighted by Crippen LogP contribution is 2.26. The molecule has 2 rings (SSSR count). The van der Waals surface area contributed by atoms with Crippen molar-refractivity contribution in [2.24, 2.45) is 0 Å². The van der Waals surface area contributed by atoms with Crippen molar-refractivity contribution in [2.75, 3.05) is 23.4 Å². The van der Waals surface area contributed by atoms with Gasteiger partial charge in [0.2, 0.25) is 0 Å². The molecule has 0 aliphatic carbocycles. The van der Waals surface area contributed by atoms with Crippen LogP contribution in [0.3, 0.4) is 0 Å². The van der Waals surface area contributed by atoms with Crippen LogP contribution in [0, 0.1) is 0 Å². The number of benzene rings is 1. The smallest absolute Gasteiger partial charge is 0.269 e. The summed E-state index contributed by atoms with van der Waals surface area (Å²) in [7, 11) is 1.74. The number of hydrogen-bond donors (Lipinski definition) is 3. The first-order chi connectivity index (χ1) is 9.51. The SMILES string of the molecule is CNc1nc(N)c(C(=O)Nc2cccc(C(C)C)c2)s1. The lowest BCUT2D eigenvalue weighted by Crippen LogP contribution is -2.12. The molecule has 0 atom stereocenters. The van der Waals surface area contributed by atoms with Crippen molar-refractivity contribution >= 4 is 33.9 Å². The molecular formula is C14H18N4OS. The second kappa shape index (κ2) is 5.92. The molecular weight excluding hydrogens is 272 g/mol. The van der Waals surface area contributed by atoms with Gasteiger partial charge in [-0.1, -0.05) is 37.3 Å². The maximum absolute atomic E-state index is 12.2. The molecule has 0 radical (unpaired) electrons. The highest BCUT2D eigenvalue weighted by molar-refractivity contribution is 7.18. The molecule has 1 aromatic carbocycles. The number of nitrogens with one attached hydrogen (secondary N) is 2. The second-order valence-electron chi connectivity index (χ2n) is 4.72. The number of anilines is 3. The molecule has 0 spiro atoms. The van der Waals surface area contributed by atoms with Crippen molar-refractivity contribution in [3.8, 4) is 0 Å². The fourth-order valence-electron chi connectivity index (χ4n) is 1.76. The average Bonchev–Trinajstić information content (AvgIpc) is 2.80. The van der Waals surface area contributed by atoms with Gasteiger partial charge in [-0.05, 0) is 23.6 Å². The normalized spacial score (nSPS) is 10.6. The number of carbonyl (C=O) groups is 1. The molecule has 0 fully saturated rings. The zero-order valence-electron chi connectivity index (χ0n) is 11.7. The standard InChI is InChI=1S/C14H18N4OS/c1-8(2)9-5-4-6-10(7-9)17-13(19)11-12(15)18-14(16-3)20-11/h4-8H,15H2,1-3H3,(H,16,18)(H,17,19). The van der Waals surface area contributed by atoms with Gasteiger partial charge in [-0.25, -0.2) is 4.98 Å². The Morgan fingerprint density at radius 2 is 2.15 bits per heavy atom. The summed E-state index contributed by atoms with van der Waals surface area (Å²) in [6, 6.07) is 7.80. The van der Waals surface area contributed by atoms with Crippen LogP contribution < -0.4 is 16.4 Å². The summed E-state index contributed by atoms with van der Waals surface area (Å²) >= 11 is 1.24. The first-order valence-corrected chi connectivity index (χ1v) is 7.18. The Morgan fingerprint density at radius 1 is 1.40 bits per heavy atom. The number of aromatic nitrogens is 1. The largest absolute Gasteiger partial charge is 0.382 e. The molecule has 1 amide bonds. The van der Waals surface area contributed by atoms with Gasteiger partial charge in [0.15, 0.2) is 5.13 Å². The molecule has 0 aliphatic rings. The van der Waals surface area contributed by atoms with E-state index < -0.39 is 0 Å². The summed E-state index contributed by atoms with van der Waals surface area (Å²) in [5.41, 5.74) is 7.69. The third kappa shape index (κ3) is 3.08. The predicted octanol–water partition coefficient (Wildman–Crippen LogP) is 3.14. The van der Waals surface area contributed by atoms with Gasteiger partial charge >= 0.3 is 0 Å². The fraction of sp³-hybridized carbons (Fsp3) is 0.286. The number of rotatable bonds is 4. The Balaban J connectivity index is 2.18. The molecule has 0 saturated heterocycles. The number of nitrogens with zero attached hydrogens (tertiary/aromatic N) is 1. The van der Waals surface area contributed by atoms with Crippen LogP contribution >= 0.6 is 11.3 Å². The van der Waals surface area contributed by atoms with Gasteiger partial charge in [-0.15, -0.1) is 0 Å². The van der Waals surface area contributed by atoms with Crippen molar-refractivity contribution < 1.29 is 4.79 Å². The number of carbonyl (C=O) groups excluding carboxylic acids is 1. The van der Waals surface area contributed by atoms with E-state index in [1.165, 1.54) is 16.9 Å². The highest BCUT2D eigenvalue weighted by atomic mass is 32.1. The van der Waals surface area contributed by atoms with Gasteiger partial charge < -0.3 is 16.4 Å². The molecule has 0 bridgehead atoms. The van der Waals surface area contributed by atoms with E-state index in [4.69, 9.17) is 5.73 Å². The molecule has 0 aliphatic heterocycles. The highest BCUT2D eigenvalue weighted by Gasteiger charge is 2.16. The van der Waals surface area contributed by atoms with E-state index >= 15 is 0 Å². The third-order valence-electron chi connectivity index (χ3n) is 2.88. The number of nitrogens with two attached hydrogens (primary N) is 1. The van der Waals surface area contributed by atoms with Crippen molar-refractivity contribution in [3.05, 3.63) is 34.7 Å². The van der Waals surface area contributed by atoms with Crippen LogP contribution in [0.25, 0.3) is 0 Å². The summed E-state index contributed by atoms with van der Waals surface area (Å²) in [4.78, 5) is 16.7. The number of nitrogen functional groups attached to an aromatic ring is 1. The van der Waals surface area contributed by atoms with Gasteiger partial charge in [-0.2, -0.15) is 0 Å². The van der Waals surface area contributed by atoms with E-state index in [2.05, 4.69) is 29.5 Å². The summed E-state index contributed by atoms with van der Waals surface area (Å²) in [6.07, 6.45) is 0. The van der Waals surface area contributed by atoms with E-state index in [1.807, 2.05) is 24.3 Å². The molecule has 0 unspecified atom stereocenters. The van der Waals surface area contributed by atoms with Gasteiger partial charge in [0.1, 0.15) is 10.7 Å². The van der Waals surface area contributed by atoms with Crippen molar-refractivity contribution in [2.45, 2.75) is 19.8 Å². The Morgan fingerprint density at radius 3 is 2.75 bits per heavy atom. The first-order valence-electron chi connectivity index (χ1n) is 6.36. The lowest BCUT2D eigenvalue weighted by Gasteiger charge is -2.09. The van der Waals surface area contributed by atoms with Crippen LogP contribution in [0.15, 0.2) is 24.3 Å². The van der Waals surface area contributed by atoms with Crippen molar-refractivity contribution in [3.63, 3.8) is 0 Å². The van der Waals surface area contributed by atoms with Crippen LogP contribution in [0.1, 0.15) is 35.0 Å². The molecule has 5 nitrogen and oxygen atoms in total. The number of thiazole rings is 1. The first kappa shape index (κ1) is 14.3. The van der Waals surface area contributed by atoms with Crippen molar-refractivity contribution in [1.82, 2.24) is 4.98 Å². The van der Waals surface area contributed by atoms with Crippen LogP contribution in [-0.4, -0.2) is 17.9 Å². The van der Waals surface area contributed by atoms with E-state index in [0.717, 1.165) is 5.69 Å². The van der Waals surface area contributed by atoms with Gasteiger partial charge in [0.25, 0.3) is 5.91 Å². The molecule has 106 valence electrons. The minimum atomic E-state index is -0.234. The van der Waals surface area contributed by atoms with Crippen LogP contribution in [0.2, 0.25) is 0 Å². The zero-order chi connectivity index (χ0) is 14.7. The number of amides is 1. The van der Waals surface area contributed by atoms with Crippen LogP contribution in [0.5, 0.6) is 0 Å². The third-order valence-corrected chi connectivity index (χ3v) is 3.97. The topological polar surface area (TPSA) is 80.0 Å². The second-order valence-corrected chi connectivity index (χ2v) is 5.72. The summed E-state index contributed by atoms with van der Waals surface area (Å²) in [6.45, 7) is 4.22. The summed E-state index contributed by atoms with van der Waals surface area (Å²) < 4.78 is 0. The quantitative estimate of drug-likeness (QED) is 0.808. The van der Waals surface area contributed by atoms with E-state index in [1.54, 1.807) is 7.05 Å². The maximum Gasteiger partial charge on any atom is 0.269 e. The Labute approximate surface area is 122 Å². The van der Waals surface area contributed by atoms with Gasteiger partial charge in [0, 0.05) is 12.7 Å².